The first-order chi connectivity index (χ1) is 10.8. The fraction of sp³-hybridized carbons (Fsp3) is 0.286. The molecule has 0 fully saturated rings. The Hall–Kier alpha value is -1.70. The third-order valence-electron chi connectivity index (χ3n) is 4.09. The van der Waals surface area contributed by atoms with Crippen LogP contribution in [0.1, 0.15) is 33.5 Å². The third-order valence-corrected chi connectivity index (χ3v) is 4.09. The molecule has 0 saturated heterocycles. The Kier molecular flexibility index (Phi) is 5.47. The van der Waals surface area contributed by atoms with Gasteiger partial charge < -0.3 is 4.57 Å². The zero-order chi connectivity index (χ0) is 16.7. The van der Waals surface area contributed by atoms with Crippen LogP contribution in [-0.2, 0) is 20.1 Å². The molecule has 2 nitrogen and oxygen atoms in total. The summed E-state index contributed by atoms with van der Waals surface area (Å²) in [5, 5.41) is 0. The topological polar surface area (TPSA) is 17.8 Å². The summed E-state index contributed by atoms with van der Waals surface area (Å²) in [6, 6.07) is 12.2. The van der Waals surface area contributed by atoms with Crippen LogP contribution in [-0.4, -0.2) is 9.55 Å². The van der Waals surface area contributed by atoms with E-state index in [1.807, 2.05) is 6.92 Å². The van der Waals surface area contributed by atoms with Gasteiger partial charge in [0.2, 0.25) is 0 Å². The van der Waals surface area contributed by atoms with E-state index in [4.69, 9.17) is 4.98 Å². The van der Waals surface area contributed by atoms with Crippen LogP contribution in [0.4, 0.5) is 0 Å². The Balaban J connectivity index is 0.00000208. The molecule has 1 heterocycles. The van der Waals surface area contributed by atoms with E-state index in [2.05, 4.69) is 75.7 Å². The average Bonchev–Trinajstić information content (AvgIpc) is 2.78. The molecule has 3 heteroatoms. The van der Waals surface area contributed by atoms with Crippen LogP contribution >= 0.6 is 0 Å². The van der Waals surface area contributed by atoms with E-state index < -0.39 is 0 Å². The monoisotopic (exact) mass is 496 g/mol. The van der Waals surface area contributed by atoms with Crippen molar-refractivity contribution in [3.05, 3.63) is 70.0 Å². The van der Waals surface area contributed by atoms with Gasteiger partial charge in [-0.15, -0.1) is 34.9 Å². The summed E-state index contributed by atoms with van der Waals surface area (Å²) >= 11 is 0. The number of nitrogens with zero attached hydrogens (tertiary/aromatic N) is 2. The van der Waals surface area contributed by atoms with E-state index in [1.165, 1.54) is 27.9 Å². The number of aryl methyl sites for hydroxylation is 6. The SMILES string of the molecule is Cc1[c-]c(-c2nc(C)cn2-c2c(C)cc(C)cc2C)cc(C)c1.[Ir]. The molecule has 1 radical (unpaired) electrons. The molecule has 0 bridgehead atoms. The molecule has 0 spiro atoms. The minimum absolute atomic E-state index is 0. The van der Waals surface area contributed by atoms with E-state index in [-0.39, 0.29) is 20.1 Å². The molecule has 0 saturated carbocycles. The Morgan fingerprint density at radius 1 is 0.833 bits per heavy atom. The molecule has 0 atom stereocenters. The molecule has 0 N–H and O–H groups in total. The van der Waals surface area contributed by atoms with Crippen LogP contribution in [0.3, 0.4) is 0 Å². The van der Waals surface area contributed by atoms with Gasteiger partial charge in [0.05, 0.1) is 5.82 Å². The molecule has 3 rings (SSSR count). The summed E-state index contributed by atoms with van der Waals surface area (Å²) in [4.78, 5) is 4.78. The maximum absolute atomic E-state index is 4.78. The quantitative estimate of drug-likeness (QED) is 0.448. The van der Waals surface area contributed by atoms with Crippen molar-refractivity contribution in [3.63, 3.8) is 0 Å². The molecule has 0 aliphatic heterocycles. The molecular weight excluding hydrogens is 472 g/mol. The maximum Gasteiger partial charge on any atom is 0.0606 e. The standard InChI is InChI=1S/C21H23N2.Ir/c1-13-7-14(2)11-19(10-13)21-22-18(6)12-23(21)20-16(4)8-15(3)9-17(20)5;/h7-10,12H,1-6H3;/q-1;. The number of benzene rings is 2. The second-order valence-electron chi connectivity index (χ2n) is 6.58. The van der Waals surface area contributed by atoms with E-state index >= 15 is 0 Å². The summed E-state index contributed by atoms with van der Waals surface area (Å²) in [6.07, 6.45) is 2.12. The van der Waals surface area contributed by atoms with Crippen molar-refractivity contribution < 1.29 is 20.1 Å². The molecule has 0 aliphatic rings. The molecule has 2 aromatic carbocycles. The molecule has 127 valence electrons. The Labute approximate surface area is 158 Å². The summed E-state index contributed by atoms with van der Waals surface area (Å²) in [5.41, 5.74) is 9.50. The van der Waals surface area contributed by atoms with Crippen molar-refractivity contribution in [3.8, 4) is 17.1 Å². The summed E-state index contributed by atoms with van der Waals surface area (Å²) < 4.78 is 2.21. The zero-order valence-electron chi connectivity index (χ0n) is 15.1. The molecule has 0 amide bonds. The molecule has 24 heavy (non-hydrogen) atoms. The molecular formula is C21H23IrN2-. The fourth-order valence-electron chi connectivity index (χ4n) is 3.43. The van der Waals surface area contributed by atoms with Crippen molar-refractivity contribution in [2.45, 2.75) is 41.5 Å². The minimum Gasteiger partial charge on any atom is -0.339 e. The predicted octanol–water partition coefficient (Wildman–Crippen LogP) is 5.19. The molecule has 0 unspecified atom stereocenters. The van der Waals surface area contributed by atoms with Crippen LogP contribution in [0, 0.1) is 47.6 Å². The van der Waals surface area contributed by atoms with Gasteiger partial charge in [0.25, 0.3) is 0 Å². The largest absolute Gasteiger partial charge is 0.339 e. The van der Waals surface area contributed by atoms with Gasteiger partial charge in [0.15, 0.2) is 0 Å². The first-order valence-corrected chi connectivity index (χ1v) is 8.00. The third kappa shape index (κ3) is 3.53. The molecule has 3 aromatic rings. The van der Waals surface area contributed by atoms with Crippen LogP contribution in [0.25, 0.3) is 17.1 Å². The van der Waals surface area contributed by atoms with Gasteiger partial charge in [-0.05, 0) is 38.8 Å². The summed E-state index contributed by atoms with van der Waals surface area (Å²) in [5.74, 6) is 0.962. The number of aromatic nitrogens is 2. The van der Waals surface area contributed by atoms with Gasteiger partial charge in [-0.1, -0.05) is 31.5 Å². The van der Waals surface area contributed by atoms with E-state index in [1.54, 1.807) is 0 Å². The van der Waals surface area contributed by atoms with Gasteiger partial charge in [0, 0.05) is 37.7 Å². The van der Waals surface area contributed by atoms with E-state index in [0.29, 0.717) is 0 Å². The van der Waals surface area contributed by atoms with Gasteiger partial charge in [-0.2, -0.15) is 0 Å². The second-order valence-corrected chi connectivity index (χ2v) is 6.58. The number of hydrogen-bond acceptors (Lipinski definition) is 1. The molecule has 0 aliphatic carbocycles. The van der Waals surface area contributed by atoms with Crippen molar-refractivity contribution in [1.29, 1.82) is 0 Å². The second kappa shape index (κ2) is 7.04. The first-order valence-electron chi connectivity index (χ1n) is 8.00. The number of imidazole rings is 1. The summed E-state index contributed by atoms with van der Waals surface area (Å²) in [6.45, 7) is 12.7. The van der Waals surface area contributed by atoms with Gasteiger partial charge in [-0.25, -0.2) is 0 Å². The molecule has 1 aromatic heterocycles. The normalized spacial score (nSPS) is 10.6. The van der Waals surface area contributed by atoms with Crippen molar-refractivity contribution in [1.82, 2.24) is 9.55 Å². The Bertz CT molecular complexity index is 848. The first kappa shape index (κ1) is 18.6. The van der Waals surface area contributed by atoms with Crippen molar-refractivity contribution >= 4 is 0 Å². The van der Waals surface area contributed by atoms with Crippen LogP contribution in [0.5, 0.6) is 0 Å². The van der Waals surface area contributed by atoms with Crippen LogP contribution in [0.15, 0.2) is 30.5 Å². The number of rotatable bonds is 2. The fourth-order valence-corrected chi connectivity index (χ4v) is 3.43. The van der Waals surface area contributed by atoms with Gasteiger partial charge >= 0.3 is 0 Å². The van der Waals surface area contributed by atoms with Gasteiger partial charge in [0.1, 0.15) is 0 Å². The maximum atomic E-state index is 4.78. The van der Waals surface area contributed by atoms with Crippen molar-refractivity contribution in [2.24, 2.45) is 0 Å². The number of hydrogen-bond donors (Lipinski definition) is 0. The van der Waals surface area contributed by atoms with E-state index in [0.717, 1.165) is 22.6 Å². The van der Waals surface area contributed by atoms with Gasteiger partial charge in [-0.3, -0.25) is 4.98 Å². The van der Waals surface area contributed by atoms with Crippen LogP contribution in [0.2, 0.25) is 0 Å². The Morgan fingerprint density at radius 3 is 2.00 bits per heavy atom. The minimum atomic E-state index is 0. The Morgan fingerprint density at radius 2 is 1.42 bits per heavy atom. The van der Waals surface area contributed by atoms with Crippen LogP contribution < -0.4 is 0 Å². The summed E-state index contributed by atoms with van der Waals surface area (Å²) in [7, 11) is 0. The van der Waals surface area contributed by atoms with E-state index in [9.17, 15) is 0 Å². The average molecular weight is 496 g/mol. The predicted molar refractivity (Wildman–Crippen MR) is 96.3 cm³/mol. The van der Waals surface area contributed by atoms with Crippen molar-refractivity contribution in [2.75, 3.05) is 0 Å². The smallest absolute Gasteiger partial charge is 0.0606 e. The zero-order valence-corrected chi connectivity index (χ0v) is 17.5.